The molecule has 2 amide bonds. The van der Waals surface area contributed by atoms with Gasteiger partial charge in [-0.3, -0.25) is 14.5 Å². The van der Waals surface area contributed by atoms with E-state index in [1.165, 1.54) is 16.7 Å². The highest BCUT2D eigenvalue weighted by molar-refractivity contribution is 8.02. The van der Waals surface area contributed by atoms with Crippen LogP contribution in [0.2, 0.25) is 0 Å². The molecule has 0 spiro atoms. The summed E-state index contributed by atoms with van der Waals surface area (Å²) >= 11 is 1.33. The van der Waals surface area contributed by atoms with Gasteiger partial charge in [-0.25, -0.2) is 4.79 Å². The van der Waals surface area contributed by atoms with Crippen molar-refractivity contribution in [1.29, 1.82) is 0 Å². The van der Waals surface area contributed by atoms with Gasteiger partial charge in [-0.2, -0.15) is 0 Å². The fourth-order valence-corrected chi connectivity index (χ4v) is 4.48. The number of carbonyl (C=O) groups is 3. The molecule has 1 aromatic rings. The van der Waals surface area contributed by atoms with E-state index in [2.05, 4.69) is 5.32 Å². The Labute approximate surface area is 143 Å². The van der Waals surface area contributed by atoms with Crippen molar-refractivity contribution in [2.45, 2.75) is 42.0 Å². The Morgan fingerprint density at radius 3 is 2.92 bits per heavy atom. The lowest BCUT2D eigenvalue weighted by Crippen LogP contribution is -2.56. The zero-order chi connectivity index (χ0) is 17.3. The minimum atomic E-state index is -1.09. The van der Waals surface area contributed by atoms with E-state index in [1.54, 1.807) is 19.1 Å². The van der Waals surface area contributed by atoms with Crippen LogP contribution in [0.25, 0.3) is 0 Å². The Balaban J connectivity index is 1.89. The maximum atomic E-state index is 12.9. The Kier molecular flexibility index (Phi) is 4.36. The van der Waals surface area contributed by atoms with Crippen LogP contribution in [0.1, 0.15) is 26.2 Å². The quantitative estimate of drug-likeness (QED) is 0.798. The van der Waals surface area contributed by atoms with Crippen LogP contribution in [-0.2, 0) is 14.4 Å². The molecule has 1 fully saturated rings. The second-order valence-corrected chi connectivity index (χ2v) is 7.07. The molecule has 6 nitrogen and oxygen atoms in total. The smallest absolute Gasteiger partial charge is 0.326 e. The number of hydrogen-bond donors (Lipinski definition) is 2. The van der Waals surface area contributed by atoms with Gasteiger partial charge in [-0.1, -0.05) is 36.0 Å². The molecule has 0 radical (unpaired) electrons. The van der Waals surface area contributed by atoms with Gasteiger partial charge in [0.1, 0.15) is 6.04 Å². The van der Waals surface area contributed by atoms with Gasteiger partial charge < -0.3 is 10.4 Å². The number of rotatable bonds is 5. The highest BCUT2D eigenvalue weighted by Crippen LogP contribution is 2.55. The normalized spacial score (nSPS) is 23.2. The summed E-state index contributed by atoms with van der Waals surface area (Å²) in [7, 11) is 0. The second-order valence-electron chi connectivity index (χ2n) is 5.75. The largest absolute Gasteiger partial charge is 0.480 e. The first-order valence-electron chi connectivity index (χ1n) is 7.75. The Bertz CT molecular complexity index is 733. The average Bonchev–Trinajstić information content (AvgIpc) is 3.07. The molecule has 2 aliphatic rings. The van der Waals surface area contributed by atoms with Crippen LogP contribution < -0.4 is 10.2 Å². The molecule has 1 aromatic carbocycles. The van der Waals surface area contributed by atoms with Crippen molar-refractivity contribution < 1.29 is 19.5 Å². The lowest BCUT2D eigenvalue weighted by molar-refractivity contribution is -0.142. The number of anilines is 1. The zero-order valence-electron chi connectivity index (χ0n) is 13.2. The van der Waals surface area contributed by atoms with E-state index in [0.717, 1.165) is 10.6 Å². The lowest BCUT2D eigenvalue weighted by atomic mass is 10.1. The van der Waals surface area contributed by atoms with Crippen LogP contribution in [-0.4, -0.2) is 33.8 Å². The summed E-state index contributed by atoms with van der Waals surface area (Å²) in [5.74, 6) is -1.62. The summed E-state index contributed by atoms with van der Waals surface area (Å²) < 4.78 is 0. The number of aliphatic carboxylic acids is 1. The number of carboxylic acids is 1. The highest BCUT2D eigenvalue weighted by Gasteiger charge is 2.57. The summed E-state index contributed by atoms with van der Waals surface area (Å²) in [5, 5.41) is 11.9. The van der Waals surface area contributed by atoms with Crippen molar-refractivity contribution in [2.75, 3.05) is 4.90 Å². The molecular weight excluding hydrogens is 328 g/mol. The first kappa shape index (κ1) is 16.6. The molecule has 3 rings (SSSR count). The number of carboxylic acid groups (broad SMARTS) is 1. The van der Waals surface area contributed by atoms with Crippen LogP contribution in [0.4, 0.5) is 5.69 Å². The number of amides is 2. The molecule has 126 valence electrons. The van der Waals surface area contributed by atoms with E-state index >= 15 is 0 Å². The summed E-state index contributed by atoms with van der Waals surface area (Å²) in [6.45, 7) is 1.79. The van der Waals surface area contributed by atoms with Crippen LogP contribution in [0.3, 0.4) is 0 Å². The Morgan fingerprint density at radius 2 is 2.21 bits per heavy atom. The maximum absolute atomic E-state index is 12.9. The van der Waals surface area contributed by atoms with E-state index in [1.807, 2.05) is 24.3 Å². The van der Waals surface area contributed by atoms with E-state index in [-0.39, 0.29) is 18.7 Å². The number of nitrogens with zero attached hydrogens (tertiary/aromatic N) is 1. The fraction of sp³-hybridized carbons (Fsp3) is 0.353. The predicted octanol–water partition coefficient (Wildman–Crippen LogP) is 2.15. The first-order chi connectivity index (χ1) is 11.5. The lowest BCUT2D eigenvalue weighted by Gasteiger charge is -2.30. The van der Waals surface area contributed by atoms with Gasteiger partial charge in [0.2, 0.25) is 5.91 Å². The van der Waals surface area contributed by atoms with Crippen molar-refractivity contribution in [3.8, 4) is 0 Å². The van der Waals surface area contributed by atoms with Crippen molar-refractivity contribution >= 4 is 35.2 Å². The predicted molar refractivity (Wildman–Crippen MR) is 90.7 cm³/mol. The number of thioether (sulfide) groups is 1. The van der Waals surface area contributed by atoms with E-state index in [4.69, 9.17) is 0 Å². The summed E-state index contributed by atoms with van der Waals surface area (Å²) in [6.07, 6.45) is 4.30. The third-order valence-electron chi connectivity index (χ3n) is 4.24. The number of fused-ring (bicyclic) bond motifs is 3. The van der Waals surface area contributed by atoms with Crippen LogP contribution >= 0.6 is 11.8 Å². The molecule has 0 bridgehead atoms. The van der Waals surface area contributed by atoms with E-state index in [0.29, 0.717) is 6.42 Å². The molecule has 2 unspecified atom stereocenters. The van der Waals surface area contributed by atoms with Gasteiger partial charge in [0, 0.05) is 11.3 Å². The summed E-state index contributed by atoms with van der Waals surface area (Å²) in [6, 6.07) is 6.36. The van der Waals surface area contributed by atoms with Crippen molar-refractivity contribution in [3.63, 3.8) is 0 Å². The summed E-state index contributed by atoms with van der Waals surface area (Å²) in [4.78, 5) is 38.0. The van der Waals surface area contributed by atoms with Crippen LogP contribution in [0.15, 0.2) is 41.3 Å². The number of carbonyl (C=O) groups excluding carboxylic acids is 2. The monoisotopic (exact) mass is 346 g/mol. The molecule has 2 heterocycles. The second kappa shape index (κ2) is 6.32. The Morgan fingerprint density at radius 1 is 1.46 bits per heavy atom. The molecule has 2 N–H and O–H groups in total. The molecule has 2 atom stereocenters. The zero-order valence-corrected chi connectivity index (χ0v) is 14.0. The molecule has 2 aliphatic heterocycles. The number of allylic oxidation sites excluding steroid dienone is 1. The third-order valence-corrected chi connectivity index (χ3v) is 5.71. The number of hydrogen-bond acceptors (Lipinski definition) is 4. The molecule has 1 saturated heterocycles. The summed E-state index contributed by atoms with van der Waals surface area (Å²) in [5.41, 5.74) is 0.723. The third kappa shape index (κ3) is 2.58. The topological polar surface area (TPSA) is 86.7 Å². The van der Waals surface area contributed by atoms with Gasteiger partial charge in [-0.05, 0) is 31.9 Å². The van der Waals surface area contributed by atoms with Crippen LogP contribution in [0.5, 0.6) is 0 Å². The molecule has 7 heteroatoms. The standard InChI is InChI=1S/C17H18N2O4S/c1-2-3-6-11(15(21)22)18-16(23)17-10-9-14(20)19(17)12-7-4-5-8-13(12)24-17/h2-5,7-8,11H,6,9-10H2,1H3,(H,18,23)(H,21,22)/b3-2+. The van der Waals surface area contributed by atoms with Gasteiger partial charge in [0.25, 0.3) is 5.91 Å². The number of benzene rings is 1. The van der Waals surface area contributed by atoms with Crippen molar-refractivity contribution in [2.24, 2.45) is 0 Å². The molecule has 0 saturated carbocycles. The maximum Gasteiger partial charge on any atom is 0.326 e. The van der Waals surface area contributed by atoms with Gasteiger partial charge in [0.05, 0.1) is 5.69 Å². The van der Waals surface area contributed by atoms with E-state index < -0.39 is 22.8 Å². The van der Waals surface area contributed by atoms with Gasteiger partial charge >= 0.3 is 5.97 Å². The average molecular weight is 346 g/mol. The fourth-order valence-electron chi connectivity index (χ4n) is 3.06. The highest BCUT2D eigenvalue weighted by atomic mass is 32.2. The molecule has 0 aromatic heterocycles. The SMILES string of the molecule is C/C=C/CC(NC(=O)C12CCC(=O)N1c1ccccc1S2)C(=O)O. The Hall–Kier alpha value is -2.28. The van der Waals surface area contributed by atoms with Crippen molar-refractivity contribution in [3.05, 3.63) is 36.4 Å². The van der Waals surface area contributed by atoms with E-state index in [9.17, 15) is 19.5 Å². The number of nitrogens with one attached hydrogen (secondary N) is 1. The minimum Gasteiger partial charge on any atom is -0.480 e. The number of para-hydroxylation sites is 1. The van der Waals surface area contributed by atoms with Crippen LogP contribution in [0, 0.1) is 0 Å². The van der Waals surface area contributed by atoms with Gasteiger partial charge in [-0.15, -0.1) is 0 Å². The van der Waals surface area contributed by atoms with Gasteiger partial charge in [0.15, 0.2) is 4.87 Å². The molecular formula is C17H18N2O4S. The molecule has 0 aliphatic carbocycles. The minimum absolute atomic E-state index is 0.108. The molecule has 24 heavy (non-hydrogen) atoms. The first-order valence-corrected chi connectivity index (χ1v) is 8.57. The van der Waals surface area contributed by atoms with Crippen molar-refractivity contribution in [1.82, 2.24) is 5.32 Å².